The smallest absolute Gasteiger partial charge is 0.244 e. The number of ether oxygens (including phenoxy) is 1. The molecule has 43 heavy (non-hydrogen) atoms. The molecule has 0 bridgehead atoms. The average Bonchev–Trinajstić information content (AvgIpc) is 3.42. The summed E-state index contributed by atoms with van der Waals surface area (Å²) in [6.45, 7) is 11.7. The van der Waals surface area contributed by atoms with E-state index in [-0.39, 0.29) is 24.3 Å². The third-order valence-corrected chi connectivity index (χ3v) is 9.64. The van der Waals surface area contributed by atoms with E-state index in [2.05, 4.69) is 48.1 Å². The van der Waals surface area contributed by atoms with E-state index < -0.39 is 17.9 Å². The first kappa shape index (κ1) is 32.8. The van der Waals surface area contributed by atoms with Gasteiger partial charge in [-0.15, -0.1) is 11.3 Å². The van der Waals surface area contributed by atoms with E-state index in [9.17, 15) is 14.4 Å². The van der Waals surface area contributed by atoms with Gasteiger partial charge < -0.3 is 21.1 Å². The van der Waals surface area contributed by atoms with E-state index in [0.29, 0.717) is 37.5 Å². The van der Waals surface area contributed by atoms with E-state index in [1.165, 1.54) is 18.1 Å². The molecule has 2 heterocycles. The molecule has 1 saturated heterocycles. The summed E-state index contributed by atoms with van der Waals surface area (Å²) in [5, 5.41) is 6.87. The van der Waals surface area contributed by atoms with Crippen LogP contribution in [0.2, 0.25) is 0 Å². The molecule has 234 valence electrons. The van der Waals surface area contributed by atoms with Gasteiger partial charge in [-0.25, -0.2) is 4.98 Å². The number of primary amides is 1. The van der Waals surface area contributed by atoms with Crippen molar-refractivity contribution < 1.29 is 19.1 Å². The quantitative estimate of drug-likeness (QED) is 0.275. The lowest BCUT2D eigenvalue weighted by molar-refractivity contribution is -0.128. The summed E-state index contributed by atoms with van der Waals surface area (Å²) in [4.78, 5) is 45.6. The Hall–Kier alpha value is -3.08. The van der Waals surface area contributed by atoms with Crippen LogP contribution in [0, 0.1) is 5.92 Å². The van der Waals surface area contributed by atoms with Gasteiger partial charge in [0, 0.05) is 37.7 Å². The zero-order chi connectivity index (χ0) is 30.8. The average molecular weight is 610 g/mol. The van der Waals surface area contributed by atoms with Crippen LogP contribution in [0.4, 0.5) is 0 Å². The summed E-state index contributed by atoms with van der Waals surface area (Å²) in [6, 6.07) is 5.28. The van der Waals surface area contributed by atoms with E-state index in [1.807, 2.05) is 12.1 Å². The number of hydrogen-bond acceptors (Lipinski definition) is 7. The van der Waals surface area contributed by atoms with Crippen molar-refractivity contribution in [2.24, 2.45) is 11.7 Å². The fraction of sp³-hybridized carbons (Fsp3) is 0.576. The number of aromatic nitrogens is 1. The largest absolute Gasteiger partial charge is 0.379 e. The number of carbonyl (C=O) groups is 3. The number of nitrogens with zero attached hydrogens (tertiary/aromatic N) is 2. The van der Waals surface area contributed by atoms with Crippen LogP contribution in [0.1, 0.15) is 75.3 Å². The first-order chi connectivity index (χ1) is 20.7. The van der Waals surface area contributed by atoms with Crippen LogP contribution in [0.3, 0.4) is 0 Å². The predicted octanol–water partition coefficient (Wildman–Crippen LogP) is 4.22. The molecule has 1 aromatic carbocycles. The molecule has 2 aliphatic rings. The topological polar surface area (TPSA) is 127 Å². The number of fused-ring (bicyclic) bond motifs is 1. The minimum Gasteiger partial charge on any atom is -0.379 e. The van der Waals surface area contributed by atoms with Crippen LogP contribution in [0.25, 0.3) is 10.2 Å². The van der Waals surface area contributed by atoms with Gasteiger partial charge in [0.05, 0.1) is 28.4 Å². The predicted molar refractivity (Wildman–Crippen MR) is 172 cm³/mol. The highest BCUT2D eigenvalue weighted by Crippen LogP contribution is 2.29. The van der Waals surface area contributed by atoms with Gasteiger partial charge in [0.25, 0.3) is 0 Å². The Labute approximate surface area is 259 Å². The van der Waals surface area contributed by atoms with Gasteiger partial charge >= 0.3 is 0 Å². The minimum atomic E-state index is -0.803. The molecule has 1 aromatic heterocycles. The molecular formula is C33H47N5O4S. The number of benzene rings is 1. The van der Waals surface area contributed by atoms with Crippen LogP contribution < -0.4 is 16.4 Å². The number of nitrogens with one attached hydrogen (secondary N) is 2. The van der Waals surface area contributed by atoms with Gasteiger partial charge in [0.2, 0.25) is 17.7 Å². The second kappa shape index (κ2) is 16.1. The van der Waals surface area contributed by atoms with E-state index in [0.717, 1.165) is 60.5 Å². The van der Waals surface area contributed by atoms with Gasteiger partial charge in [0.15, 0.2) is 0 Å². The molecule has 9 nitrogen and oxygen atoms in total. The lowest BCUT2D eigenvalue weighted by Crippen LogP contribution is -2.52. The highest BCUT2D eigenvalue weighted by atomic mass is 32.1. The molecule has 2 aromatic rings. The molecule has 1 aliphatic heterocycles. The molecule has 0 radical (unpaired) electrons. The molecule has 10 heteroatoms. The van der Waals surface area contributed by atoms with Crippen molar-refractivity contribution in [3.63, 3.8) is 0 Å². The molecule has 0 spiro atoms. The zero-order valence-electron chi connectivity index (χ0n) is 25.6. The van der Waals surface area contributed by atoms with Crippen molar-refractivity contribution in [1.82, 2.24) is 20.5 Å². The molecule has 1 saturated carbocycles. The van der Waals surface area contributed by atoms with Gasteiger partial charge in [-0.2, -0.15) is 0 Å². The maximum atomic E-state index is 13.8. The molecule has 4 rings (SSSR count). The van der Waals surface area contributed by atoms with Crippen LogP contribution >= 0.6 is 11.3 Å². The SMILES string of the molecule is C=CC(=O)N[C@@H](Cc1nc2ccc(C(C)C)cc2s1)C(=O)N[C@@H](CC=C(CCN1CCOCC1)C(N)=O)C1CCCCC1. The first-order valence-electron chi connectivity index (χ1n) is 15.6. The van der Waals surface area contributed by atoms with Crippen molar-refractivity contribution in [1.29, 1.82) is 0 Å². The van der Waals surface area contributed by atoms with Gasteiger partial charge in [-0.3, -0.25) is 19.3 Å². The fourth-order valence-electron chi connectivity index (χ4n) is 5.94. The van der Waals surface area contributed by atoms with Crippen LogP contribution in [-0.2, 0) is 25.5 Å². The number of amides is 3. The monoisotopic (exact) mass is 609 g/mol. The molecular weight excluding hydrogens is 562 g/mol. The summed E-state index contributed by atoms with van der Waals surface area (Å²) in [7, 11) is 0. The van der Waals surface area contributed by atoms with Gasteiger partial charge in [-0.1, -0.05) is 51.8 Å². The molecule has 4 N–H and O–H groups in total. The third kappa shape index (κ3) is 9.71. The Morgan fingerprint density at radius 2 is 1.91 bits per heavy atom. The lowest BCUT2D eigenvalue weighted by atomic mass is 9.82. The molecule has 1 aliphatic carbocycles. The van der Waals surface area contributed by atoms with Crippen molar-refractivity contribution in [3.05, 3.63) is 53.1 Å². The molecule has 2 fully saturated rings. The summed E-state index contributed by atoms with van der Waals surface area (Å²) in [6.07, 6.45) is 9.89. The number of nitrogens with two attached hydrogens (primary N) is 1. The number of carbonyl (C=O) groups excluding carboxylic acids is 3. The number of rotatable bonds is 14. The van der Waals surface area contributed by atoms with Crippen LogP contribution in [0.5, 0.6) is 0 Å². The van der Waals surface area contributed by atoms with Crippen LogP contribution in [0.15, 0.2) is 42.5 Å². The fourth-order valence-corrected chi connectivity index (χ4v) is 7.00. The van der Waals surface area contributed by atoms with E-state index >= 15 is 0 Å². The van der Waals surface area contributed by atoms with Crippen LogP contribution in [-0.4, -0.2) is 72.5 Å². The highest BCUT2D eigenvalue weighted by molar-refractivity contribution is 7.18. The minimum absolute atomic E-state index is 0.169. The molecule has 0 unspecified atom stereocenters. The number of hydrogen-bond donors (Lipinski definition) is 3. The summed E-state index contributed by atoms with van der Waals surface area (Å²) in [5.74, 6) is -0.392. The zero-order valence-corrected chi connectivity index (χ0v) is 26.4. The van der Waals surface area contributed by atoms with Crippen molar-refractivity contribution in [2.75, 3.05) is 32.8 Å². The Morgan fingerprint density at radius 1 is 1.16 bits per heavy atom. The third-order valence-electron chi connectivity index (χ3n) is 8.60. The van der Waals surface area contributed by atoms with Gasteiger partial charge in [0.1, 0.15) is 6.04 Å². The summed E-state index contributed by atoms with van der Waals surface area (Å²) < 4.78 is 6.50. The summed E-state index contributed by atoms with van der Waals surface area (Å²) in [5.41, 5.74) is 8.50. The Bertz CT molecular complexity index is 1290. The Balaban J connectivity index is 1.50. The van der Waals surface area contributed by atoms with Crippen molar-refractivity contribution in [2.45, 2.75) is 83.2 Å². The molecule has 3 amide bonds. The second-order valence-corrected chi connectivity index (χ2v) is 13.1. The van der Waals surface area contributed by atoms with Gasteiger partial charge in [-0.05, 0) is 61.3 Å². The second-order valence-electron chi connectivity index (χ2n) is 12.0. The van der Waals surface area contributed by atoms with E-state index in [1.54, 1.807) is 11.3 Å². The standard InChI is InChI=1S/C33H47N5O4S/c1-4-30(39)35-28(21-31-36-27-13-11-25(22(2)3)20-29(27)43-31)33(41)37-26(23-8-6-5-7-9-23)12-10-24(32(34)40)14-15-38-16-18-42-19-17-38/h4,10-11,13,20,22-23,26,28H,1,5-9,12,14-19,21H2,2-3H3,(H2,34,40)(H,35,39)(H,37,41)/t26-,28-/m0/s1. The highest BCUT2D eigenvalue weighted by Gasteiger charge is 2.29. The molecule has 2 atom stereocenters. The maximum Gasteiger partial charge on any atom is 0.244 e. The van der Waals surface area contributed by atoms with E-state index in [4.69, 9.17) is 15.5 Å². The lowest BCUT2D eigenvalue weighted by Gasteiger charge is -2.32. The number of morpholine rings is 1. The Kier molecular flexibility index (Phi) is 12.3. The maximum absolute atomic E-state index is 13.8. The van der Waals surface area contributed by atoms with Crippen molar-refractivity contribution >= 4 is 39.3 Å². The summed E-state index contributed by atoms with van der Waals surface area (Å²) >= 11 is 1.55. The normalized spacial score (nSPS) is 18.3. The first-order valence-corrected chi connectivity index (χ1v) is 16.5. The van der Waals surface area contributed by atoms with Crippen molar-refractivity contribution in [3.8, 4) is 0 Å². The Morgan fingerprint density at radius 3 is 2.58 bits per heavy atom. The number of thiazole rings is 1.